The number of benzene rings is 3. The summed E-state index contributed by atoms with van der Waals surface area (Å²) in [6, 6.07) is 22.3. The summed E-state index contributed by atoms with van der Waals surface area (Å²) in [5.74, 6) is 1.72. The fourth-order valence-electron chi connectivity index (χ4n) is 3.81. The zero-order chi connectivity index (χ0) is 20.5. The van der Waals surface area contributed by atoms with Gasteiger partial charge in [-0.05, 0) is 55.8 Å². The van der Waals surface area contributed by atoms with Crippen LogP contribution >= 0.6 is 0 Å². The zero-order valence-corrected chi connectivity index (χ0v) is 17.1. The van der Waals surface area contributed by atoms with Crippen molar-refractivity contribution in [1.82, 2.24) is 14.5 Å². The van der Waals surface area contributed by atoms with Crippen LogP contribution in [-0.2, 0) is 6.54 Å². The van der Waals surface area contributed by atoms with E-state index in [2.05, 4.69) is 29.7 Å². The second-order valence-electron chi connectivity index (χ2n) is 7.43. The highest BCUT2D eigenvalue weighted by Crippen LogP contribution is 2.31. The Morgan fingerprint density at radius 2 is 1.60 bits per heavy atom. The van der Waals surface area contributed by atoms with Crippen molar-refractivity contribution in [3.8, 4) is 11.5 Å². The Labute approximate surface area is 174 Å². The highest BCUT2D eigenvalue weighted by atomic mass is 16.5. The fraction of sp³-hybridized carbons (Fsp3) is 0.200. The third kappa shape index (κ3) is 3.32. The molecular weight excluding hydrogens is 374 g/mol. The molecule has 3 aromatic carbocycles. The van der Waals surface area contributed by atoms with E-state index in [1.54, 1.807) is 7.11 Å². The first-order valence-electron chi connectivity index (χ1n) is 10.1. The fourth-order valence-corrected chi connectivity index (χ4v) is 3.81. The van der Waals surface area contributed by atoms with E-state index in [1.165, 1.54) is 5.56 Å². The summed E-state index contributed by atoms with van der Waals surface area (Å²) < 4.78 is 13.6. The summed E-state index contributed by atoms with van der Waals surface area (Å²) in [5.41, 5.74) is 5.94. The summed E-state index contributed by atoms with van der Waals surface area (Å²) in [6.07, 6.45) is 0.868. The third-order valence-electron chi connectivity index (χ3n) is 5.37. The van der Waals surface area contributed by atoms with Crippen molar-refractivity contribution >= 4 is 33.1 Å². The number of rotatable bonds is 6. The number of hydrogen-bond acceptors (Lipinski definition) is 4. The molecule has 2 heterocycles. The number of ether oxygens (including phenoxy) is 2. The number of aromatic nitrogens is 3. The first kappa shape index (κ1) is 18.4. The summed E-state index contributed by atoms with van der Waals surface area (Å²) in [4.78, 5) is 9.85. The molecule has 5 aromatic rings. The van der Waals surface area contributed by atoms with Crippen LogP contribution in [0.3, 0.4) is 0 Å². The van der Waals surface area contributed by atoms with Crippen molar-refractivity contribution in [3.63, 3.8) is 0 Å². The summed E-state index contributed by atoms with van der Waals surface area (Å²) in [7, 11) is 1.68. The molecule has 5 heteroatoms. The molecule has 0 spiro atoms. The van der Waals surface area contributed by atoms with Crippen LogP contribution in [0.15, 0.2) is 66.7 Å². The van der Waals surface area contributed by atoms with E-state index in [-0.39, 0.29) is 0 Å². The minimum Gasteiger partial charge on any atom is -0.497 e. The molecule has 150 valence electrons. The van der Waals surface area contributed by atoms with Crippen LogP contribution in [0.2, 0.25) is 0 Å². The van der Waals surface area contributed by atoms with E-state index in [1.807, 2.05) is 48.5 Å². The van der Waals surface area contributed by atoms with Gasteiger partial charge in [-0.15, -0.1) is 0 Å². The molecule has 0 radical (unpaired) electrons. The van der Waals surface area contributed by atoms with Gasteiger partial charge in [0.25, 0.3) is 0 Å². The predicted octanol–water partition coefficient (Wildman–Crippen LogP) is 5.52. The minimum absolute atomic E-state index is 0.640. The Hall–Kier alpha value is -3.60. The lowest BCUT2D eigenvalue weighted by molar-refractivity contribution is 0.303. The van der Waals surface area contributed by atoms with Crippen molar-refractivity contribution in [2.75, 3.05) is 13.7 Å². The quantitative estimate of drug-likeness (QED) is 0.354. The van der Waals surface area contributed by atoms with Gasteiger partial charge in [-0.1, -0.05) is 29.8 Å². The standard InChI is InChI=1S/C25H23N3O2/c1-17-8-10-18(11-9-17)30-15-5-14-28-23-13-12-19(29-2)16-20(23)24-25(28)27-22-7-4-3-6-21(22)26-24/h3-4,6-13,16H,5,14-15H2,1-2H3. The van der Waals surface area contributed by atoms with Gasteiger partial charge in [-0.3, -0.25) is 0 Å². The first-order chi connectivity index (χ1) is 14.7. The van der Waals surface area contributed by atoms with Gasteiger partial charge >= 0.3 is 0 Å². The number of hydrogen-bond donors (Lipinski definition) is 0. The second kappa shape index (κ2) is 7.67. The zero-order valence-electron chi connectivity index (χ0n) is 17.1. The van der Waals surface area contributed by atoms with Crippen LogP contribution in [0.25, 0.3) is 33.1 Å². The van der Waals surface area contributed by atoms with E-state index in [0.29, 0.717) is 6.61 Å². The number of fused-ring (bicyclic) bond motifs is 4. The van der Waals surface area contributed by atoms with Gasteiger partial charge in [0.05, 0.1) is 30.3 Å². The van der Waals surface area contributed by atoms with Crippen molar-refractivity contribution in [2.24, 2.45) is 0 Å². The van der Waals surface area contributed by atoms with Gasteiger partial charge in [0, 0.05) is 11.9 Å². The Kier molecular flexibility index (Phi) is 4.71. The van der Waals surface area contributed by atoms with Crippen LogP contribution in [0.4, 0.5) is 0 Å². The predicted molar refractivity (Wildman–Crippen MR) is 120 cm³/mol. The number of nitrogens with zero attached hydrogens (tertiary/aromatic N) is 3. The molecule has 2 aromatic heterocycles. The summed E-state index contributed by atoms with van der Waals surface area (Å²) >= 11 is 0. The lowest BCUT2D eigenvalue weighted by Gasteiger charge is -2.09. The van der Waals surface area contributed by atoms with E-state index in [9.17, 15) is 0 Å². The summed E-state index contributed by atoms with van der Waals surface area (Å²) in [6.45, 7) is 3.51. The molecular formula is C25H23N3O2. The highest BCUT2D eigenvalue weighted by molar-refractivity contribution is 6.06. The van der Waals surface area contributed by atoms with Crippen LogP contribution in [0.5, 0.6) is 11.5 Å². The van der Waals surface area contributed by atoms with Crippen molar-refractivity contribution in [1.29, 1.82) is 0 Å². The molecule has 0 fully saturated rings. The van der Waals surface area contributed by atoms with Gasteiger partial charge in [0.2, 0.25) is 0 Å². The first-order valence-corrected chi connectivity index (χ1v) is 10.1. The molecule has 0 aliphatic rings. The molecule has 0 bridgehead atoms. The molecule has 0 aliphatic carbocycles. The second-order valence-corrected chi connectivity index (χ2v) is 7.43. The number of aryl methyl sites for hydroxylation is 2. The van der Waals surface area contributed by atoms with Crippen LogP contribution in [-0.4, -0.2) is 28.3 Å². The average Bonchev–Trinajstić information content (AvgIpc) is 3.08. The summed E-state index contributed by atoms with van der Waals surface area (Å²) in [5, 5.41) is 1.06. The largest absolute Gasteiger partial charge is 0.497 e. The van der Waals surface area contributed by atoms with Crippen LogP contribution in [0, 0.1) is 6.92 Å². The molecule has 0 saturated carbocycles. The number of methoxy groups -OCH3 is 1. The van der Waals surface area contributed by atoms with Crippen LogP contribution in [0.1, 0.15) is 12.0 Å². The Morgan fingerprint density at radius 3 is 2.37 bits per heavy atom. The highest BCUT2D eigenvalue weighted by Gasteiger charge is 2.15. The molecule has 0 unspecified atom stereocenters. The maximum absolute atomic E-state index is 5.92. The lowest BCUT2D eigenvalue weighted by atomic mass is 10.2. The lowest BCUT2D eigenvalue weighted by Crippen LogP contribution is -2.05. The van der Waals surface area contributed by atoms with E-state index in [4.69, 9.17) is 19.4 Å². The average molecular weight is 397 g/mol. The molecule has 5 nitrogen and oxygen atoms in total. The van der Waals surface area contributed by atoms with Crippen molar-refractivity contribution < 1.29 is 9.47 Å². The minimum atomic E-state index is 0.640. The van der Waals surface area contributed by atoms with Crippen molar-refractivity contribution in [3.05, 3.63) is 72.3 Å². The Balaban J connectivity index is 1.50. The Morgan fingerprint density at radius 1 is 0.867 bits per heavy atom. The smallest absolute Gasteiger partial charge is 0.160 e. The van der Waals surface area contributed by atoms with Gasteiger partial charge < -0.3 is 14.0 Å². The monoisotopic (exact) mass is 397 g/mol. The topological polar surface area (TPSA) is 49.2 Å². The maximum atomic E-state index is 5.92. The molecule has 0 amide bonds. The normalized spacial score (nSPS) is 11.4. The van der Waals surface area contributed by atoms with E-state index in [0.717, 1.165) is 57.6 Å². The molecule has 0 saturated heterocycles. The van der Waals surface area contributed by atoms with Gasteiger partial charge in [-0.25, -0.2) is 9.97 Å². The van der Waals surface area contributed by atoms with Gasteiger partial charge in [0.15, 0.2) is 5.65 Å². The van der Waals surface area contributed by atoms with Crippen molar-refractivity contribution in [2.45, 2.75) is 19.9 Å². The van der Waals surface area contributed by atoms with E-state index >= 15 is 0 Å². The SMILES string of the molecule is COc1ccc2c(c1)c1nc3ccccc3nc1n2CCCOc1ccc(C)cc1. The van der Waals surface area contributed by atoms with E-state index < -0.39 is 0 Å². The third-order valence-corrected chi connectivity index (χ3v) is 5.37. The van der Waals surface area contributed by atoms with Gasteiger partial charge in [-0.2, -0.15) is 0 Å². The molecule has 5 rings (SSSR count). The number of para-hydroxylation sites is 2. The van der Waals surface area contributed by atoms with Crippen LogP contribution < -0.4 is 9.47 Å². The molecule has 0 atom stereocenters. The van der Waals surface area contributed by atoms with Gasteiger partial charge in [0.1, 0.15) is 17.0 Å². The Bertz CT molecular complexity index is 1340. The maximum Gasteiger partial charge on any atom is 0.160 e. The molecule has 0 N–H and O–H groups in total. The molecule has 0 aliphatic heterocycles. The molecule has 30 heavy (non-hydrogen) atoms.